The van der Waals surface area contributed by atoms with Crippen molar-refractivity contribution in [1.82, 2.24) is 4.98 Å². The van der Waals surface area contributed by atoms with E-state index in [1.807, 2.05) is 30.3 Å². The van der Waals surface area contributed by atoms with Crippen LogP contribution in [0.5, 0.6) is 0 Å². The molecule has 4 nitrogen and oxygen atoms in total. The van der Waals surface area contributed by atoms with Crippen LogP contribution in [0.2, 0.25) is 0 Å². The van der Waals surface area contributed by atoms with Gasteiger partial charge in [0, 0.05) is 17.6 Å². The number of nitrogens with zero attached hydrogens (tertiary/aromatic N) is 1. The maximum absolute atomic E-state index is 10.1. The quantitative estimate of drug-likeness (QED) is 0.707. The highest BCUT2D eigenvalue weighted by molar-refractivity contribution is 5.83. The first kappa shape index (κ1) is 14.6. The number of hydrogen-bond acceptors (Lipinski definition) is 4. The van der Waals surface area contributed by atoms with Crippen molar-refractivity contribution >= 4 is 22.4 Å². The summed E-state index contributed by atoms with van der Waals surface area (Å²) in [6, 6.07) is 9.57. The van der Waals surface area contributed by atoms with E-state index in [1.54, 1.807) is 0 Å². The molecular formula is C16H23N3O. The molecule has 2 aromatic rings. The monoisotopic (exact) mass is 273 g/mol. The van der Waals surface area contributed by atoms with Gasteiger partial charge < -0.3 is 16.2 Å². The number of hydrogen-bond donors (Lipinski definition) is 3. The Kier molecular flexibility index (Phi) is 4.79. The van der Waals surface area contributed by atoms with Gasteiger partial charge in [-0.05, 0) is 36.2 Å². The molecule has 0 aliphatic rings. The fourth-order valence-electron chi connectivity index (χ4n) is 2.45. The number of aromatic nitrogens is 1. The number of nitrogen functional groups attached to an aromatic ring is 1. The lowest BCUT2D eigenvalue weighted by molar-refractivity contribution is 0.114. The molecule has 4 N–H and O–H groups in total. The van der Waals surface area contributed by atoms with E-state index < -0.39 is 0 Å². The molecule has 0 amide bonds. The van der Waals surface area contributed by atoms with Gasteiger partial charge in [0.25, 0.3) is 0 Å². The highest BCUT2D eigenvalue weighted by atomic mass is 16.3. The molecule has 0 fully saturated rings. The van der Waals surface area contributed by atoms with Crippen LogP contribution >= 0.6 is 0 Å². The van der Waals surface area contributed by atoms with Crippen molar-refractivity contribution in [3.8, 4) is 0 Å². The molecule has 4 heteroatoms. The summed E-state index contributed by atoms with van der Waals surface area (Å²) >= 11 is 0. The summed E-state index contributed by atoms with van der Waals surface area (Å²) in [4.78, 5) is 4.52. The highest BCUT2D eigenvalue weighted by Gasteiger charge is 2.15. The molecule has 108 valence electrons. The molecule has 1 atom stereocenters. The van der Waals surface area contributed by atoms with E-state index in [2.05, 4.69) is 24.1 Å². The van der Waals surface area contributed by atoms with Gasteiger partial charge in [0.05, 0.1) is 11.6 Å². The summed E-state index contributed by atoms with van der Waals surface area (Å²) in [6.45, 7) is 4.74. The van der Waals surface area contributed by atoms with Crippen LogP contribution in [0.1, 0.15) is 26.7 Å². The Morgan fingerprint density at radius 3 is 2.65 bits per heavy atom. The Morgan fingerprint density at radius 2 is 1.95 bits per heavy atom. The Hall–Kier alpha value is -1.81. The van der Waals surface area contributed by atoms with Crippen molar-refractivity contribution in [2.24, 2.45) is 5.92 Å². The van der Waals surface area contributed by atoms with Gasteiger partial charge in [0.1, 0.15) is 5.82 Å². The zero-order chi connectivity index (χ0) is 14.5. The van der Waals surface area contributed by atoms with E-state index in [-0.39, 0.29) is 6.10 Å². The van der Waals surface area contributed by atoms with Crippen molar-refractivity contribution in [2.75, 3.05) is 17.6 Å². The van der Waals surface area contributed by atoms with Crippen LogP contribution in [0, 0.1) is 5.92 Å². The molecule has 20 heavy (non-hydrogen) atoms. The van der Waals surface area contributed by atoms with Crippen molar-refractivity contribution in [3.63, 3.8) is 0 Å². The van der Waals surface area contributed by atoms with Gasteiger partial charge >= 0.3 is 0 Å². The Morgan fingerprint density at radius 1 is 1.20 bits per heavy atom. The third-order valence-corrected chi connectivity index (χ3v) is 3.80. The summed E-state index contributed by atoms with van der Waals surface area (Å²) in [7, 11) is 0. The number of rotatable bonds is 6. The molecule has 1 heterocycles. The van der Waals surface area contributed by atoms with Crippen LogP contribution in [-0.4, -0.2) is 22.7 Å². The fourth-order valence-corrected chi connectivity index (χ4v) is 2.45. The van der Waals surface area contributed by atoms with Gasteiger partial charge in [-0.3, -0.25) is 0 Å². The maximum atomic E-state index is 10.1. The van der Waals surface area contributed by atoms with Crippen molar-refractivity contribution < 1.29 is 5.11 Å². The number of nitrogens with two attached hydrogens (primary N) is 1. The predicted octanol–water partition coefficient (Wildman–Crippen LogP) is 3.03. The summed E-state index contributed by atoms with van der Waals surface area (Å²) in [5.41, 5.74) is 7.39. The first-order chi connectivity index (χ1) is 9.63. The summed E-state index contributed by atoms with van der Waals surface area (Å²) in [5, 5.41) is 14.3. The van der Waals surface area contributed by atoms with Gasteiger partial charge in [-0.15, -0.1) is 0 Å². The molecule has 0 saturated heterocycles. The maximum Gasteiger partial charge on any atom is 0.126 e. The molecule has 0 aliphatic carbocycles. The molecule has 0 bridgehead atoms. The molecule has 0 spiro atoms. The summed E-state index contributed by atoms with van der Waals surface area (Å²) in [6.07, 6.45) is 1.64. The molecule has 0 aliphatic heterocycles. The first-order valence-corrected chi connectivity index (χ1v) is 7.22. The third-order valence-electron chi connectivity index (χ3n) is 3.80. The minimum atomic E-state index is -0.339. The number of fused-ring (bicyclic) bond motifs is 1. The number of aliphatic hydroxyl groups is 1. The number of benzene rings is 1. The smallest absolute Gasteiger partial charge is 0.126 e. The largest absolute Gasteiger partial charge is 0.399 e. The van der Waals surface area contributed by atoms with Crippen molar-refractivity contribution in [1.29, 1.82) is 0 Å². The van der Waals surface area contributed by atoms with Crippen LogP contribution in [0.3, 0.4) is 0 Å². The second kappa shape index (κ2) is 6.57. The van der Waals surface area contributed by atoms with Crippen LogP contribution in [0.25, 0.3) is 10.9 Å². The Labute approximate surface area is 120 Å². The SMILES string of the molecule is CCC(CC)C(O)CNc1ccc2cc(N)ccc2n1. The lowest BCUT2D eigenvalue weighted by Gasteiger charge is -2.20. The van der Waals surface area contributed by atoms with Gasteiger partial charge in [0.15, 0.2) is 0 Å². The molecule has 2 rings (SSSR count). The molecular weight excluding hydrogens is 250 g/mol. The average molecular weight is 273 g/mol. The summed E-state index contributed by atoms with van der Waals surface area (Å²) < 4.78 is 0. The first-order valence-electron chi connectivity index (χ1n) is 7.22. The average Bonchev–Trinajstić information content (AvgIpc) is 2.46. The molecule has 0 radical (unpaired) electrons. The minimum Gasteiger partial charge on any atom is -0.399 e. The predicted molar refractivity (Wildman–Crippen MR) is 84.7 cm³/mol. The van der Waals surface area contributed by atoms with E-state index in [4.69, 9.17) is 5.73 Å². The zero-order valence-electron chi connectivity index (χ0n) is 12.1. The van der Waals surface area contributed by atoms with Gasteiger partial charge in [-0.1, -0.05) is 26.7 Å². The lowest BCUT2D eigenvalue weighted by Crippen LogP contribution is -2.27. The third kappa shape index (κ3) is 3.39. The normalized spacial score (nSPS) is 12.8. The number of aliphatic hydroxyl groups excluding tert-OH is 1. The van der Waals surface area contributed by atoms with Crippen molar-refractivity contribution in [2.45, 2.75) is 32.8 Å². The summed E-state index contributed by atoms with van der Waals surface area (Å²) in [5.74, 6) is 1.12. The van der Waals surface area contributed by atoms with Crippen LogP contribution in [-0.2, 0) is 0 Å². The van der Waals surface area contributed by atoms with Crippen LogP contribution in [0.15, 0.2) is 30.3 Å². The molecule has 1 aromatic heterocycles. The zero-order valence-corrected chi connectivity index (χ0v) is 12.1. The van der Waals surface area contributed by atoms with Gasteiger partial charge in [-0.25, -0.2) is 4.98 Å². The second-order valence-electron chi connectivity index (χ2n) is 5.17. The van der Waals surface area contributed by atoms with E-state index in [9.17, 15) is 5.11 Å². The fraction of sp³-hybridized carbons (Fsp3) is 0.438. The van der Waals surface area contributed by atoms with E-state index in [1.165, 1.54) is 0 Å². The van der Waals surface area contributed by atoms with E-state index in [0.29, 0.717) is 12.5 Å². The minimum absolute atomic E-state index is 0.336. The Bertz CT molecular complexity index is 567. The second-order valence-corrected chi connectivity index (χ2v) is 5.17. The topological polar surface area (TPSA) is 71.2 Å². The standard InChI is InChI=1S/C16H23N3O/c1-3-11(4-2)15(20)10-18-16-8-5-12-9-13(17)6-7-14(12)19-16/h5-9,11,15,20H,3-4,10,17H2,1-2H3,(H,18,19). The Balaban J connectivity index is 2.05. The van der Waals surface area contributed by atoms with Crippen molar-refractivity contribution in [3.05, 3.63) is 30.3 Å². The lowest BCUT2D eigenvalue weighted by atomic mass is 9.96. The molecule has 1 unspecified atom stereocenters. The number of pyridine rings is 1. The highest BCUT2D eigenvalue weighted by Crippen LogP contribution is 2.19. The number of nitrogens with one attached hydrogen (secondary N) is 1. The van der Waals surface area contributed by atoms with Crippen LogP contribution < -0.4 is 11.1 Å². The van der Waals surface area contributed by atoms with Crippen LogP contribution in [0.4, 0.5) is 11.5 Å². The molecule has 0 saturated carbocycles. The molecule has 1 aromatic carbocycles. The van der Waals surface area contributed by atoms with Gasteiger partial charge in [0.2, 0.25) is 0 Å². The number of anilines is 2. The van der Waals surface area contributed by atoms with E-state index in [0.717, 1.165) is 35.2 Å². The van der Waals surface area contributed by atoms with Gasteiger partial charge in [-0.2, -0.15) is 0 Å². The van der Waals surface area contributed by atoms with E-state index >= 15 is 0 Å².